The van der Waals surface area contributed by atoms with Gasteiger partial charge in [0.05, 0.1) is 16.7 Å². The molecule has 26 heavy (non-hydrogen) atoms. The molecule has 0 atom stereocenters. The van der Waals surface area contributed by atoms with Crippen molar-refractivity contribution in [3.8, 4) is 5.69 Å². The van der Waals surface area contributed by atoms with Gasteiger partial charge in [0, 0.05) is 26.0 Å². The Bertz CT molecular complexity index is 1170. The fourth-order valence-electron chi connectivity index (χ4n) is 2.95. The van der Waals surface area contributed by atoms with E-state index in [4.69, 9.17) is 0 Å². The van der Waals surface area contributed by atoms with E-state index in [9.17, 15) is 9.59 Å². The minimum Gasteiger partial charge on any atom is -0.321 e. The topological polar surface area (TPSA) is 73.8 Å². The highest BCUT2D eigenvalue weighted by molar-refractivity contribution is 6.03. The molecular formula is C19H17N5O2. The summed E-state index contributed by atoms with van der Waals surface area (Å²) in [5, 5.41) is 7.15. The zero-order chi connectivity index (χ0) is 18.3. The number of hydrogen-bond donors (Lipinski definition) is 1. The molecule has 130 valence electrons. The van der Waals surface area contributed by atoms with Gasteiger partial charge in [0.1, 0.15) is 0 Å². The van der Waals surface area contributed by atoms with Gasteiger partial charge in [-0.05, 0) is 36.4 Å². The van der Waals surface area contributed by atoms with Crippen molar-refractivity contribution in [3.63, 3.8) is 0 Å². The number of fused-ring (bicyclic) bond motifs is 1. The molecule has 2 aromatic carbocycles. The van der Waals surface area contributed by atoms with Gasteiger partial charge < -0.3 is 5.32 Å². The number of imidazole rings is 1. The third-order valence-electron chi connectivity index (χ3n) is 4.37. The number of hydrogen-bond acceptors (Lipinski definition) is 3. The molecule has 0 spiro atoms. The van der Waals surface area contributed by atoms with Crippen LogP contribution in [0.5, 0.6) is 0 Å². The lowest BCUT2D eigenvalue weighted by atomic mass is 10.2. The Hall–Kier alpha value is -3.61. The first-order valence-electron chi connectivity index (χ1n) is 8.12. The monoisotopic (exact) mass is 347 g/mol. The quantitative estimate of drug-likeness (QED) is 0.618. The molecule has 1 amide bonds. The SMILES string of the molecule is Cn1c(=O)n(C)c2cc(NC(=O)c3ccn(-c4ccccc4)n3)ccc21. The Morgan fingerprint density at radius 3 is 2.46 bits per heavy atom. The summed E-state index contributed by atoms with van der Waals surface area (Å²) in [5.41, 5.74) is 3.26. The first-order chi connectivity index (χ1) is 12.5. The number of carbonyl (C=O) groups excluding carboxylic acids is 1. The van der Waals surface area contributed by atoms with Crippen LogP contribution in [-0.4, -0.2) is 24.8 Å². The number of aromatic nitrogens is 4. The molecule has 4 rings (SSSR count). The molecule has 0 unspecified atom stereocenters. The average Bonchev–Trinajstić information content (AvgIpc) is 3.24. The van der Waals surface area contributed by atoms with Crippen molar-refractivity contribution in [2.24, 2.45) is 14.1 Å². The molecular weight excluding hydrogens is 330 g/mol. The van der Waals surface area contributed by atoms with Gasteiger partial charge in [-0.3, -0.25) is 13.9 Å². The average molecular weight is 347 g/mol. The summed E-state index contributed by atoms with van der Waals surface area (Å²) in [6.07, 6.45) is 1.74. The van der Waals surface area contributed by atoms with E-state index in [1.807, 2.05) is 36.4 Å². The Kier molecular flexibility index (Phi) is 3.69. The molecule has 0 saturated carbocycles. The van der Waals surface area contributed by atoms with E-state index in [0.29, 0.717) is 11.4 Å². The second-order valence-electron chi connectivity index (χ2n) is 6.04. The number of nitrogens with one attached hydrogen (secondary N) is 1. The fourth-order valence-corrected chi connectivity index (χ4v) is 2.95. The van der Waals surface area contributed by atoms with Crippen LogP contribution < -0.4 is 11.0 Å². The molecule has 0 radical (unpaired) electrons. The van der Waals surface area contributed by atoms with Crippen LogP contribution in [0.4, 0.5) is 5.69 Å². The zero-order valence-electron chi connectivity index (χ0n) is 14.4. The summed E-state index contributed by atoms with van der Waals surface area (Å²) >= 11 is 0. The number of amides is 1. The predicted molar refractivity (Wildman–Crippen MR) is 99.7 cm³/mol. The number of rotatable bonds is 3. The van der Waals surface area contributed by atoms with Crippen molar-refractivity contribution in [1.82, 2.24) is 18.9 Å². The standard InChI is InChI=1S/C19H17N5O2/c1-22-16-9-8-13(12-17(16)23(2)19(22)26)20-18(25)15-10-11-24(21-15)14-6-4-3-5-7-14/h3-12H,1-2H3,(H,20,25). The van der Waals surface area contributed by atoms with Crippen LogP contribution in [0.3, 0.4) is 0 Å². The Morgan fingerprint density at radius 2 is 1.69 bits per heavy atom. The lowest BCUT2D eigenvalue weighted by Crippen LogP contribution is -2.19. The maximum Gasteiger partial charge on any atom is 0.328 e. The maximum atomic E-state index is 12.5. The molecule has 0 aliphatic heterocycles. The van der Waals surface area contributed by atoms with Gasteiger partial charge in [0.15, 0.2) is 5.69 Å². The smallest absolute Gasteiger partial charge is 0.321 e. The van der Waals surface area contributed by atoms with Crippen molar-refractivity contribution in [1.29, 1.82) is 0 Å². The normalized spacial score (nSPS) is 11.0. The van der Waals surface area contributed by atoms with Gasteiger partial charge in [-0.2, -0.15) is 5.10 Å². The second-order valence-corrected chi connectivity index (χ2v) is 6.04. The third kappa shape index (κ3) is 2.59. The third-order valence-corrected chi connectivity index (χ3v) is 4.37. The van der Waals surface area contributed by atoms with Crippen molar-refractivity contribution in [2.45, 2.75) is 0 Å². The molecule has 0 fully saturated rings. The van der Waals surface area contributed by atoms with Gasteiger partial charge in [-0.15, -0.1) is 0 Å². The highest BCUT2D eigenvalue weighted by Crippen LogP contribution is 2.18. The number of nitrogens with zero attached hydrogens (tertiary/aromatic N) is 4. The maximum absolute atomic E-state index is 12.5. The van der Waals surface area contributed by atoms with E-state index < -0.39 is 0 Å². The second kappa shape index (κ2) is 6.03. The number of anilines is 1. The molecule has 2 aromatic heterocycles. The predicted octanol–water partition coefficient (Wildman–Crippen LogP) is 2.32. The van der Waals surface area contributed by atoms with Crippen molar-refractivity contribution < 1.29 is 4.79 Å². The summed E-state index contributed by atoms with van der Waals surface area (Å²) in [5.74, 6) is -0.306. The Morgan fingerprint density at radius 1 is 0.962 bits per heavy atom. The Labute approximate surface area is 149 Å². The summed E-state index contributed by atoms with van der Waals surface area (Å²) < 4.78 is 4.77. The van der Waals surface area contributed by atoms with Crippen molar-refractivity contribution >= 4 is 22.6 Å². The molecule has 7 heteroatoms. The fraction of sp³-hybridized carbons (Fsp3) is 0.105. The van der Waals surface area contributed by atoms with Gasteiger partial charge in [-0.25, -0.2) is 9.48 Å². The van der Waals surface area contributed by atoms with Crippen molar-refractivity contribution in [2.75, 3.05) is 5.32 Å². The van der Waals surface area contributed by atoms with Crippen LogP contribution in [-0.2, 0) is 14.1 Å². The molecule has 0 saturated heterocycles. The Balaban J connectivity index is 1.61. The molecule has 1 N–H and O–H groups in total. The molecule has 2 heterocycles. The molecule has 7 nitrogen and oxygen atoms in total. The van der Waals surface area contributed by atoms with E-state index in [1.165, 1.54) is 0 Å². The van der Waals surface area contributed by atoms with Gasteiger partial charge in [0.25, 0.3) is 5.91 Å². The van der Waals surface area contributed by atoms with E-state index >= 15 is 0 Å². The lowest BCUT2D eigenvalue weighted by molar-refractivity contribution is 0.102. The minimum atomic E-state index is -0.306. The van der Waals surface area contributed by atoms with Crippen LogP contribution in [0.25, 0.3) is 16.7 Å². The van der Waals surface area contributed by atoms with Crippen LogP contribution in [0, 0.1) is 0 Å². The zero-order valence-corrected chi connectivity index (χ0v) is 14.4. The van der Waals surface area contributed by atoms with Crippen LogP contribution in [0.1, 0.15) is 10.5 Å². The highest BCUT2D eigenvalue weighted by Gasteiger charge is 2.13. The van der Waals surface area contributed by atoms with E-state index in [0.717, 1.165) is 16.7 Å². The van der Waals surface area contributed by atoms with Gasteiger partial charge in [-0.1, -0.05) is 18.2 Å². The van der Waals surface area contributed by atoms with E-state index in [2.05, 4.69) is 10.4 Å². The first kappa shape index (κ1) is 15.9. The van der Waals surface area contributed by atoms with Crippen LogP contribution in [0.2, 0.25) is 0 Å². The van der Waals surface area contributed by atoms with Crippen LogP contribution in [0.15, 0.2) is 65.6 Å². The molecule has 0 bridgehead atoms. The summed E-state index contributed by atoms with van der Waals surface area (Å²) in [6, 6.07) is 16.6. The number of aryl methyl sites for hydroxylation is 2. The van der Waals surface area contributed by atoms with E-state index in [-0.39, 0.29) is 11.6 Å². The summed E-state index contributed by atoms with van der Waals surface area (Å²) in [6.45, 7) is 0. The number of para-hydroxylation sites is 1. The largest absolute Gasteiger partial charge is 0.328 e. The first-order valence-corrected chi connectivity index (χ1v) is 8.12. The molecule has 4 aromatic rings. The minimum absolute atomic E-state index is 0.106. The molecule has 0 aliphatic rings. The number of benzene rings is 2. The van der Waals surface area contributed by atoms with Crippen LogP contribution >= 0.6 is 0 Å². The summed E-state index contributed by atoms with van der Waals surface area (Å²) in [7, 11) is 3.43. The van der Waals surface area contributed by atoms with E-state index in [1.54, 1.807) is 52.3 Å². The van der Waals surface area contributed by atoms with Gasteiger partial charge >= 0.3 is 5.69 Å². The highest BCUT2D eigenvalue weighted by atomic mass is 16.2. The van der Waals surface area contributed by atoms with Gasteiger partial charge in [0.2, 0.25) is 0 Å². The summed E-state index contributed by atoms with van der Waals surface area (Å²) in [4.78, 5) is 24.5. The number of carbonyl (C=O) groups is 1. The van der Waals surface area contributed by atoms with Crippen molar-refractivity contribution in [3.05, 3.63) is 77.0 Å². The lowest BCUT2D eigenvalue weighted by Gasteiger charge is -2.04. The molecule has 0 aliphatic carbocycles.